The summed E-state index contributed by atoms with van der Waals surface area (Å²) in [5.74, 6) is -3.02. The van der Waals surface area contributed by atoms with Crippen molar-refractivity contribution in [2.45, 2.75) is 38.5 Å². The van der Waals surface area contributed by atoms with Crippen LogP contribution in [0.3, 0.4) is 0 Å². The fourth-order valence-electron chi connectivity index (χ4n) is 2.63. The van der Waals surface area contributed by atoms with Gasteiger partial charge in [0.25, 0.3) is 0 Å². The van der Waals surface area contributed by atoms with E-state index in [1.165, 1.54) is 12.1 Å². The van der Waals surface area contributed by atoms with E-state index in [1.807, 2.05) is 6.92 Å². The Morgan fingerprint density at radius 1 is 1.40 bits per heavy atom. The molecule has 3 nitrogen and oxygen atoms in total. The third-order valence-electron chi connectivity index (χ3n) is 3.79. The summed E-state index contributed by atoms with van der Waals surface area (Å²) in [6.07, 6.45) is 0.00427. The standard InChI is InChI=1S/C15H19F2NO2/c1-2-18(12-4-3-5-13(19)10-12)14(20)11-6-8-15(16,17)9-7-11/h3-5,10-11,19H,2,6-9H2,1H3. The quantitative estimate of drug-likeness (QED) is 0.921. The zero-order valence-electron chi connectivity index (χ0n) is 11.5. The van der Waals surface area contributed by atoms with Crippen molar-refractivity contribution in [1.29, 1.82) is 0 Å². The Labute approximate surface area is 117 Å². The van der Waals surface area contributed by atoms with Crippen LogP contribution in [0.1, 0.15) is 32.6 Å². The van der Waals surface area contributed by atoms with E-state index in [0.717, 1.165) is 0 Å². The minimum absolute atomic E-state index is 0.0870. The molecule has 1 aliphatic rings. The average Bonchev–Trinajstić information content (AvgIpc) is 2.39. The molecule has 0 bridgehead atoms. The monoisotopic (exact) mass is 283 g/mol. The highest BCUT2D eigenvalue weighted by Crippen LogP contribution is 2.37. The molecule has 20 heavy (non-hydrogen) atoms. The van der Waals surface area contributed by atoms with Crippen LogP contribution < -0.4 is 4.90 Å². The van der Waals surface area contributed by atoms with Crippen molar-refractivity contribution in [1.82, 2.24) is 0 Å². The van der Waals surface area contributed by atoms with Crippen molar-refractivity contribution >= 4 is 11.6 Å². The normalized spacial score (nSPS) is 18.8. The van der Waals surface area contributed by atoms with Crippen LogP contribution in [0.25, 0.3) is 0 Å². The molecule has 0 spiro atoms. The first kappa shape index (κ1) is 14.8. The number of halogens is 2. The minimum atomic E-state index is -2.63. The summed E-state index contributed by atoms with van der Waals surface area (Å²) in [5, 5.41) is 9.48. The van der Waals surface area contributed by atoms with Gasteiger partial charge in [0.1, 0.15) is 5.75 Å². The number of carbonyl (C=O) groups is 1. The average molecular weight is 283 g/mol. The van der Waals surface area contributed by atoms with E-state index in [9.17, 15) is 18.7 Å². The molecule has 0 saturated heterocycles. The van der Waals surface area contributed by atoms with Crippen LogP contribution >= 0.6 is 0 Å². The maximum Gasteiger partial charge on any atom is 0.248 e. The van der Waals surface area contributed by atoms with Crippen LogP contribution in [0.4, 0.5) is 14.5 Å². The van der Waals surface area contributed by atoms with Crippen LogP contribution in [0.15, 0.2) is 24.3 Å². The van der Waals surface area contributed by atoms with Crippen molar-refractivity contribution in [3.8, 4) is 5.75 Å². The predicted molar refractivity (Wildman–Crippen MR) is 73.0 cm³/mol. The largest absolute Gasteiger partial charge is 0.508 e. The Balaban J connectivity index is 2.10. The summed E-state index contributed by atoms with van der Waals surface area (Å²) in [6.45, 7) is 2.29. The number of benzene rings is 1. The molecule has 0 heterocycles. The first-order chi connectivity index (χ1) is 9.43. The smallest absolute Gasteiger partial charge is 0.248 e. The first-order valence-corrected chi connectivity index (χ1v) is 6.91. The lowest BCUT2D eigenvalue weighted by Gasteiger charge is -2.31. The van der Waals surface area contributed by atoms with E-state index in [4.69, 9.17) is 0 Å². The number of amides is 1. The Morgan fingerprint density at radius 3 is 2.60 bits per heavy atom. The topological polar surface area (TPSA) is 40.5 Å². The number of aromatic hydroxyl groups is 1. The number of anilines is 1. The summed E-state index contributed by atoms with van der Waals surface area (Å²) >= 11 is 0. The molecule has 0 aromatic heterocycles. The number of phenols is 1. The fourth-order valence-corrected chi connectivity index (χ4v) is 2.63. The molecule has 1 aromatic rings. The summed E-state index contributed by atoms with van der Waals surface area (Å²) in [5.41, 5.74) is 0.606. The molecule has 1 aromatic carbocycles. The molecule has 110 valence electrons. The third-order valence-corrected chi connectivity index (χ3v) is 3.79. The van der Waals surface area contributed by atoms with Crippen molar-refractivity contribution in [3.63, 3.8) is 0 Å². The molecule has 0 unspecified atom stereocenters. The van der Waals surface area contributed by atoms with Gasteiger partial charge in [0.2, 0.25) is 11.8 Å². The Bertz CT molecular complexity index is 481. The second-order valence-corrected chi connectivity index (χ2v) is 5.23. The Hall–Kier alpha value is -1.65. The number of rotatable bonds is 3. The van der Waals surface area contributed by atoms with Crippen LogP contribution in [0.2, 0.25) is 0 Å². The molecule has 1 amide bonds. The van der Waals surface area contributed by atoms with Crippen molar-refractivity contribution < 1.29 is 18.7 Å². The van der Waals surface area contributed by atoms with Gasteiger partial charge >= 0.3 is 0 Å². The van der Waals surface area contributed by atoms with E-state index in [1.54, 1.807) is 17.0 Å². The second-order valence-electron chi connectivity index (χ2n) is 5.23. The third kappa shape index (κ3) is 3.26. The molecule has 1 N–H and O–H groups in total. The molecular formula is C15H19F2NO2. The fraction of sp³-hybridized carbons (Fsp3) is 0.533. The zero-order valence-corrected chi connectivity index (χ0v) is 11.5. The van der Waals surface area contributed by atoms with E-state index in [-0.39, 0.29) is 43.3 Å². The number of nitrogens with zero attached hydrogens (tertiary/aromatic N) is 1. The van der Waals surface area contributed by atoms with Crippen molar-refractivity contribution in [3.05, 3.63) is 24.3 Å². The van der Waals surface area contributed by atoms with Gasteiger partial charge in [-0.15, -0.1) is 0 Å². The Morgan fingerprint density at radius 2 is 2.05 bits per heavy atom. The van der Waals surface area contributed by atoms with E-state index in [0.29, 0.717) is 12.2 Å². The molecule has 2 rings (SSSR count). The van der Waals surface area contributed by atoms with Gasteiger partial charge in [0.05, 0.1) is 0 Å². The maximum atomic E-state index is 13.1. The summed E-state index contributed by atoms with van der Waals surface area (Å²) in [4.78, 5) is 14.0. The number of carbonyl (C=O) groups excluding carboxylic acids is 1. The predicted octanol–water partition coefficient (Wildman–Crippen LogP) is 3.57. The summed E-state index contributed by atoms with van der Waals surface area (Å²) < 4.78 is 26.3. The first-order valence-electron chi connectivity index (χ1n) is 6.91. The molecule has 0 aliphatic heterocycles. The minimum Gasteiger partial charge on any atom is -0.508 e. The number of hydrogen-bond acceptors (Lipinski definition) is 2. The highest BCUT2D eigenvalue weighted by molar-refractivity contribution is 5.95. The SMILES string of the molecule is CCN(C(=O)C1CCC(F)(F)CC1)c1cccc(O)c1. The van der Waals surface area contributed by atoms with E-state index in [2.05, 4.69) is 0 Å². The van der Waals surface area contributed by atoms with Crippen molar-refractivity contribution in [2.24, 2.45) is 5.92 Å². The van der Waals surface area contributed by atoms with Gasteiger partial charge in [-0.1, -0.05) is 6.07 Å². The molecular weight excluding hydrogens is 264 g/mol. The second kappa shape index (κ2) is 5.77. The van der Waals surface area contributed by atoms with Crippen molar-refractivity contribution in [2.75, 3.05) is 11.4 Å². The van der Waals surface area contributed by atoms with Gasteiger partial charge in [-0.25, -0.2) is 8.78 Å². The van der Waals surface area contributed by atoms with Gasteiger partial charge in [-0.05, 0) is 31.9 Å². The lowest BCUT2D eigenvalue weighted by Crippen LogP contribution is -2.39. The van der Waals surface area contributed by atoms with Gasteiger partial charge < -0.3 is 10.0 Å². The summed E-state index contributed by atoms with van der Waals surface area (Å²) in [6, 6.07) is 6.44. The summed E-state index contributed by atoms with van der Waals surface area (Å²) in [7, 11) is 0. The number of alkyl halides is 2. The molecule has 0 atom stereocenters. The van der Waals surface area contributed by atoms with Gasteiger partial charge in [-0.3, -0.25) is 4.79 Å². The zero-order chi connectivity index (χ0) is 14.8. The van der Waals surface area contributed by atoms with Crippen LogP contribution in [0.5, 0.6) is 5.75 Å². The highest BCUT2D eigenvalue weighted by Gasteiger charge is 2.38. The molecule has 1 fully saturated rings. The van der Waals surface area contributed by atoms with E-state index >= 15 is 0 Å². The Kier molecular flexibility index (Phi) is 4.26. The molecule has 5 heteroatoms. The lowest BCUT2D eigenvalue weighted by atomic mass is 9.86. The van der Waals surface area contributed by atoms with E-state index < -0.39 is 5.92 Å². The molecule has 0 radical (unpaired) electrons. The van der Waals surface area contributed by atoms with Gasteiger partial charge in [0, 0.05) is 37.1 Å². The number of hydrogen-bond donors (Lipinski definition) is 1. The number of phenolic OH excluding ortho intramolecular Hbond substituents is 1. The van der Waals surface area contributed by atoms with Gasteiger partial charge in [0.15, 0.2) is 0 Å². The van der Waals surface area contributed by atoms with Crippen LogP contribution in [0, 0.1) is 5.92 Å². The highest BCUT2D eigenvalue weighted by atomic mass is 19.3. The lowest BCUT2D eigenvalue weighted by molar-refractivity contribution is -0.126. The van der Waals surface area contributed by atoms with Gasteiger partial charge in [-0.2, -0.15) is 0 Å². The van der Waals surface area contributed by atoms with Crippen LogP contribution in [-0.4, -0.2) is 23.5 Å². The molecule has 1 aliphatic carbocycles. The maximum absolute atomic E-state index is 13.1. The van der Waals surface area contributed by atoms with Crippen LogP contribution in [-0.2, 0) is 4.79 Å². The molecule has 1 saturated carbocycles.